The number of phenolic OH excluding ortho intramolecular Hbond substituents is 1. The van der Waals surface area contributed by atoms with Gasteiger partial charge in [-0.05, 0) is 95.5 Å². The van der Waals surface area contributed by atoms with Gasteiger partial charge in [0.25, 0.3) is 0 Å². The highest BCUT2D eigenvalue weighted by atomic mass is 16.6. The van der Waals surface area contributed by atoms with Gasteiger partial charge in [-0.3, -0.25) is 4.79 Å². The van der Waals surface area contributed by atoms with Crippen molar-refractivity contribution in [2.75, 3.05) is 20.3 Å². The van der Waals surface area contributed by atoms with Gasteiger partial charge < -0.3 is 24.1 Å². The Morgan fingerprint density at radius 1 is 1.03 bits per heavy atom. The summed E-state index contributed by atoms with van der Waals surface area (Å²) < 4.78 is 23.4. The van der Waals surface area contributed by atoms with Gasteiger partial charge in [-0.1, -0.05) is 13.3 Å². The Balaban J connectivity index is 1.54. The van der Waals surface area contributed by atoms with Gasteiger partial charge in [-0.25, -0.2) is 4.79 Å². The second-order valence-corrected chi connectivity index (χ2v) is 10.3. The molecule has 0 fully saturated rings. The van der Waals surface area contributed by atoms with E-state index in [1.54, 1.807) is 19.1 Å². The van der Waals surface area contributed by atoms with Crippen molar-refractivity contribution in [3.63, 3.8) is 0 Å². The zero-order valence-electron chi connectivity index (χ0n) is 23.9. The van der Waals surface area contributed by atoms with Gasteiger partial charge >= 0.3 is 5.97 Å². The normalized spacial score (nSPS) is 16.4. The van der Waals surface area contributed by atoms with Crippen LogP contribution >= 0.6 is 0 Å². The van der Waals surface area contributed by atoms with Gasteiger partial charge in [0.1, 0.15) is 23.0 Å². The van der Waals surface area contributed by atoms with Crippen LogP contribution in [0.15, 0.2) is 12.1 Å². The average molecular weight is 527 g/mol. The van der Waals surface area contributed by atoms with Crippen LogP contribution < -0.4 is 14.2 Å². The number of methoxy groups -OCH3 is 1. The molecule has 1 heterocycles. The molecule has 3 rings (SSSR count). The van der Waals surface area contributed by atoms with E-state index in [2.05, 4.69) is 6.92 Å². The molecule has 0 aromatic heterocycles. The van der Waals surface area contributed by atoms with Gasteiger partial charge in [-0.15, -0.1) is 0 Å². The summed E-state index contributed by atoms with van der Waals surface area (Å²) in [5.41, 5.74) is 4.25. The number of unbranched alkanes of at least 4 members (excludes halogenated alkanes) is 2. The largest absolute Gasteiger partial charge is 0.507 e. The summed E-state index contributed by atoms with van der Waals surface area (Å²) in [6, 6.07) is 3.41. The molecule has 7 heteroatoms. The van der Waals surface area contributed by atoms with E-state index >= 15 is 0 Å². The fourth-order valence-electron chi connectivity index (χ4n) is 5.08. The molecular formula is C31H42O7. The SMILES string of the molecule is CCCc1c(OCCCCCOc2c(C)c(C)c3c(c2C)CC[C@](C)(C(=O)OC)O3)ccc(C(C)=O)c1O. The molecular weight excluding hydrogens is 484 g/mol. The van der Waals surface area contributed by atoms with Crippen LogP contribution in [-0.2, 0) is 22.4 Å². The van der Waals surface area contributed by atoms with Crippen molar-refractivity contribution in [2.24, 2.45) is 0 Å². The van der Waals surface area contributed by atoms with Crippen LogP contribution in [0.4, 0.5) is 0 Å². The molecule has 208 valence electrons. The molecule has 1 N–H and O–H groups in total. The molecule has 0 bridgehead atoms. The van der Waals surface area contributed by atoms with Crippen LogP contribution in [0, 0.1) is 20.8 Å². The summed E-state index contributed by atoms with van der Waals surface area (Å²) in [6.45, 7) is 12.5. The molecule has 0 saturated carbocycles. The number of benzene rings is 2. The number of Topliss-reactive ketones (excluding diaryl/α,β-unsaturated/α-hetero) is 1. The highest BCUT2D eigenvalue weighted by molar-refractivity contribution is 5.97. The summed E-state index contributed by atoms with van der Waals surface area (Å²) in [7, 11) is 1.39. The smallest absolute Gasteiger partial charge is 0.349 e. The van der Waals surface area contributed by atoms with Gasteiger partial charge in [-0.2, -0.15) is 0 Å². The van der Waals surface area contributed by atoms with E-state index in [4.69, 9.17) is 18.9 Å². The quantitative estimate of drug-likeness (QED) is 0.196. The Kier molecular flexibility index (Phi) is 9.69. The van der Waals surface area contributed by atoms with E-state index in [0.29, 0.717) is 42.9 Å². The van der Waals surface area contributed by atoms with E-state index in [0.717, 1.165) is 65.9 Å². The summed E-state index contributed by atoms with van der Waals surface area (Å²) in [5, 5.41) is 10.5. The minimum absolute atomic E-state index is 0.0386. The maximum atomic E-state index is 12.3. The molecule has 0 spiro atoms. The molecule has 0 unspecified atom stereocenters. The molecule has 38 heavy (non-hydrogen) atoms. The third-order valence-electron chi connectivity index (χ3n) is 7.52. The van der Waals surface area contributed by atoms with Crippen molar-refractivity contribution < 1.29 is 33.6 Å². The van der Waals surface area contributed by atoms with Crippen molar-refractivity contribution in [1.82, 2.24) is 0 Å². The third kappa shape index (κ3) is 6.08. The molecule has 1 aliphatic heterocycles. The summed E-state index contributed by atoms with van der Waals surface area (Å²) in [5.74, 6) is 1.84. The lowest BCUT2D eigenvalue weighted by Crippen LogP contribution is -2.45. The number of rotatable bonds is 12. The molecule has 1 atom stereocenters. The van der Waals surface area contributed by atoms with Gasteiger partial charge in [0.15, 0.2) is 5.78 Å². The maximum absolute atomic E-state index is 12.3. The van der Waals surface area contributed by atoms with Crippen molar-refractivity contribution >= 4 is 11.8 Å². The monoisotopic (exact) mass is 526 g/mol. The van der Waals surface area contributed by atoms with E-state index < -0.39 is 5.60 Å². The van der Waals surface area contributed by atoms with E-state index in [1.807, 2.05) is 20.8 Å². The van der Waals surface area contributed by atoms with E-state index in [-0.39, 0.29) is 17.5 Å². The molecule has 7 nitrogen and oxygen atoms in total. The molecule has 1 aliphatic rings. The first-order valence-electron chi connectivity index (χ1n) is 13.6. The van der Waals surface area contributed by atoms with Crippen LogP contribution in [-0.4, -0.2) is 42.8 Å². The summed E-state index contributed by atoms with van der Waals surface area (Å²) >= 11 is 0. The van der Waals surface area contributed by atoms with Crippen molar-refractivity contribution in [1.29, 1.82) is 0 Å². The number of aromatic hydroxyl groups is 1. The van der Waals surface area contributed by atoms with Crippen LogP contribution in [0.1, 0.15) is 91.1 Å². The first-order valence-corrected chi connectivity index (χ1v) is 13.6. The number of hydrogen-bond acceptors (Lipinski definition) is 7. The second-order valence-electron chi connectivity index (χ2n) is 10.3. The van der Waals surface area contributed by atoms with Crippen LogP contribution in [0.5, 0.6) is 23.0 Å². The highest BCUT2D eigenvalue weighted by Crippen LogP contribution is 2.44. The Morgan fingerprint density at radius 3 is 2.34 bits per heavy atom. The zero-order chi connectivity index (χ0) is 28.0. The number of ether oxygens (including phenoxy) is 4. The number of fused-ring (bicyclic) bond motifs is 1. The van der Waals surface area contributed by atoms with E-state index in [1.165, 1.54) is 14.0 Å². The number of carbonyl (C=O) groups is 2. The number of esters is 1. The standard InChI is InChI=1S/C31H42O7/c1-8-12-25-26(14-13-24(22(5)32)27(25)33)36-17-10-9-11-18-37-28-19(2)20(3)29-23(21(28)4)15-16-31(6,38-29)30(34)35-7/h13-14,33H,8-12,15-18H2,1-7H3/t31-/m1/s1. The number of phenols is 1. The minimum Gasteiger partial charge on any atom is -0.507 e. The van der Waals surface area contributed by atoms with Crippen LogP contribution in [0.3, 0.4) is 0 Å². The fourth-order valence-corrected chi connectivity index (χ4v) is 5.08. The molecule has 0 amide bonds. The Hall–Kier alpha value is -3.22. The average Bonchev–Trinajstić information content (AvgIpc) is 2.89. The molecule has 0 aliphatic carbocycles. The number of carbonyl (C=O) groups excluding carboxylic acids is 2. The highest BCUT2D eigenvalue weighted by Gasteiger charge is 2.41. The van der Waals surface area contributed by atoms with Gasteiger partial charge in [0.05, 0.1) is 25.9 Å². The summed E-state index contributed by atoms with van der Waals surface area (Å²) in [6.07, 6.45) is 5.46. The van der Waals surface area contributed by atoms with Gasteiger partial charge in [0, 0.05) is 17.5 Å². The number of hydrogen-bond donors (Lipinski definition) is 1. The molecule has 0 radical (unpaired) electrons. The Bertz CT molecular complexity index is 1180. The van der Waals surface area contributed by atoms with Crippen LogP contribution in [0.2, 0.25) is 0 Å². The number of ketones is 1. The first kappa shape index (κ1) is 29.3. The zero-order valence-corrected chi connectivity index (χ0v) is 23.9. The first-order chi connectivity index (χ1) is 18.1. The Morgan fingerprint density at radius 2 is 1.71 bits per heavy atom. The lowest BCUT2D eigenvalue weighted by molar-refractivity contribution is -0.159. The molecule has 2 aromatic carbocycles. The predicted octanol–water partition coefficient (Wildman–Crippen LogP) is 6.36. The Labute approximate surface area is 226 Å². The summed E-state index contributed by atoms with van der Waals surface area (Å²) in [4.78, 5) is 24.0. The molecule has 0 saturated heterocycles. The van der Waals surface area contributed by atoms with E-state index in [9.17, 15) is 14.7 Å². The van der Waals surface area contributed by atoms with Gasteiger partial charge in [0.2, 0.25) is 5.60 Å². The van der Waals surface area contributed by atoms with Crippen molar-refractivity contribution in [3.8, 4) is 23.0 Å². The third-order valence-corrected chi connectivity index (χ3v) is 7.52. The van der Waals surface area contributed by atoms with Crippen molar-refractivity contribution in [2.45, 2.75) is 92.1 Å². The lowest BCUT2D eigenvalue weighted by Gasteiger charge is -2.36. The second kappa shape index (κ2) is 12.5. The molecule has 2 aromatic rings. The van der Waals surface area contributed by atoms with Crippen molar-refractivity contribution in [3.05, 3.63) is 45.5 Å². The van der Waals surface area contributed by atoms with Crippen LogP contribution in [0.25, 0.3) is 0 Å². The maximum Gasteiger partial charge on any atom is 0.349 e. The topological polar surface area (TPSA) is 91.3 Å². The lowest BCUT2D eigenvalue weighted by atomic mass is 9.87. The fraction of sp³-hybridized carbons (Fsp3) is 0.548. The minimum atomic E-state index is -0.971. The predicted molar refractivity (Wildman–Crippen MR) is 147 cm³/mol.